The third-order valence-corrected chi connectivity index (χ3v) is 1.05. The predicted molar refractivity (Wildman–Crippen MR) is 43.3 cm³/mol. The Morgan fingerprint density at radius 2 is 2.25 bits per heavy atom. The quantitative estimate of drug-likeness (QED) is 0.343. The Labute approximate surface area is 72.1 Å². The molecule has 4 heteroatoms. The van der Waals surface area contributed by atoms with Crippen molar-refractivity contribution >= 4 is 5.97 Å². The number of rotatable bonds is 6. The lowest BCUT2D eigenvalue weighted by Crippen LogP contribution is -2.18. The molecule has 1 atom stereocenters. The summed E-state index contributed by atoms with van der Waals surface area (Å²) >= 11 is 0. The van der Waals surface area contributed by atoms with Crippen LogP contribution in [0.5, 0.6) is 0 Å². The molecule has 0 radical (unpaired) electrons. The van der Waals surface area contributed by atoms with Crippen molar-refractivity contribution in [1.29, 1.82) is 0 Å². The molecule has 0 amide bonds. The summed E-state index contributed by atoms with van der Waals surface area (Å²) in [7, 11) is 0. The molecule has 0 aromatic carbocycles. The Bertz CT molecular complexity index is 144. The highest BCUT2D eigenvalue weighted by Crippen LogP contribution is 1.93. The number of esters is 1. The topological polar surface area (TPSA) is 44.8 Å². The number of ether oxygens (including phenoxy) is 3. The van der Waals surface area contributed by atoms with E-state index in [0.717, 1.165) is 6.26 Å². The van der Waals surface area contributed by atoms with E-state index in [1.807, 2.05) is 6.92 Å². The molecule has 0 saturated carbocycles. The van der Waals surface area contributed by atoms with Crippen LogP contribution >= 0.6 is 0 Å². The van der Waals surface area contributed by atoms with E-state index in [1.54, 1.807) is 6.92 Å². The van der Waals surface area contributed by atoms with Crippen LogP contribution in [0.2, 0.25) is 0 Å². The first kappa shape index (κ1) is 11.1. The van der Waals surface area contributed by atoms with Gasteiger partial charge >= 0.3 is 5.97 Å². The molecule has 4 nitrogen and oxygen atoms in total. The lowest BCUT2D eigenvalue weighted by Gasteiger charge is -2.10. The van der Waals surface area contributed by atoms with E-state index < -0.39 is 5.97 Å². The second-order valence-electron chi connectivity index (χ2n) is 1.99. The van der Waals surface area contributed by atoms with Gasteiger partial charge in [-0.1, -0.05) is 6.58 Å². The molecule has 1 unspecified atom stereocenters. The first-order chi connectivity index (χ1) is 5.70. The van der Waals surface area contributed by atoms with Gasteiger partial charge in [-0.2, -0.15) is 0 Å². The molecule has 0 aromatic rings. The van der Waals surface area contributed by atoms with Crippen molar-refractivity contribution in [2.75, 3.05) is 13.2 Å². The minimum Gasteiger partial charge on any atom is -0.433 e. The van der Waals surface area contributed by atoms with E-state index in [-0.39, 0.29) is 12.9 Å². The molecule has 0 aromatic heterocycles. The number of carbonyl (C=O) groups is 1. The van der Waals surface area contributed by atoms with Crippen molar-refractivity contribution in [3.8, 4) is 0 Å². The summed E-state index contributed by atoms with van der Waals surface area (Å²) in [6.45, 7) is 7.23. The summed E-state index contributed by atoms with van der Waals surface area (Å²) in [4.78, 5) is 10.7. The van der Waals surface area contributed by atoms with Crippen molar-refractivity contribution in [3.05, 3.63) is 12.8 Å². The third kappa shape index (κ3) is 5.88. The van der Waals surface area contributed by atoms with Gasteiger partial charge in [-0.25, -0.2) is 4.79 Å². The summed E-state index contributed by atoms with van der Waals surface area (Å²) in [5, 5.41) is 0. The molecule has 0 heterocycles. The van der Waals surface area contributed by atoms with Gasteiger partial charge in [-0.3, -0.25) is 0 Å². The molecule has 0 fully saturated rings. The minimum absolute atomic E-state index is 0.118. The van der Waals surface area contributed by atoms with Gasteiger partial charge in [0.1, 0.15) is 6.61 Å². The van der Waals surface area contributed by atoms with Crippen LogP contribution in [-0.2, 0) is 19.0 Å². The summed E-state index contributed by atoms with van der Waals surface area (Å²) in [5.41, 5.74) is 0. The van der Waals surface area contributed by atoms with Crippen molar-refractivity contribution in [3.63, 3.8) is 0 Å². The fourth-order valence-electron chi connectivity index (χ4n) is 0.595. The molecule has 0 aliphatic rings. The van der Waals surface area contributed by atoms with Crippen LogP contribution in [0, 0.1) is 0 Å². The molecule has 12 heavy (non-hydrogen) atoms. The maximum Gasteiger partial charge on any atom is 0.336 e. The van der Waals surface area contributed by atoms with Crippen LogP contribution in [0.25, 0.3) is 0 Å². The van der Waals surface area contributed by atoms with E-state index in [4.69, 9.17) is 9.47 Å². The lowest BCUT2D eigenvalue weighted by molar-refractivity contribution is -0.163. The molecule has 0 aliphatic heterocycles. The number of hydrogen-bond acceptors (Lipinski definition) is 4. The smallest absolute Gasteiger partial charge is 0.336 e. The first-order valence-corrected chi connectivity index (χ1v) is 3.74. The Kier molecular flexibility index (Phi) is 6.32. The molecular weight excluding hydrogens is 160 g/mol. The molecule has 0 saturated heterocycles. The highest BCUT2D eigenvalue weighted by Gasteiger charge is 2.05. The number of carbonyl (C=O) groups excluding carboxylic acids is 1. The summed E-state index contributed by atoms with van der Waals surface area (Å²) in [6.07, 6.45) is 0.684. The van der Waals surface area contributed by atoms with Gasteiger partial charge in [0.15, 0.2) is 6.29 Å². The van der Waals surface area contributed by atoms with Crippen LogP contribution in [0.4, 0.5) is 0 Å². The standard InChI is InChI=1S/C8H14O4/c1-4-10-7(3)12-6-8(9)11-5-2/h5,7H,2,4,6H2,1,3H3. The van der Waals surface area contributed by atoms with Crippen LogP contribution in [-0.4, -0.2) is 25.5 Å². The molecule has 0 bridgehead atoms. The van der Waals surface area contributed by atoms with E-state index in [1.165, 1.54) is 0 Å². The van der Waals surface area contributed by atoms with Crippen molar-refractivity contribution in [2.45, 2.75) is 20.1 Å². The summed E-state index contributed by atoms with van der Waals surface area (Å²) in [5.74, 6) is -0.475. The Balaban J connectivity index is 3.39. The van der Waals surface area contributed by atoms with E-state index in [0.29, 0.717) is 6.61 Å². The highest BCUT2D eigenvalue weighted by atomic mass is 16.7. The summed E-state index contributed by atoms with van der Waals surface area (Å²) in [6, 6.07) is 0. The molecule has 0 aliphatic carbocycles. The summed E-state index contributed by atoms with van der Waals surface area (Å²) < 4.78 is 14.4. The van der Waals surface area contributed by atoms with Crippen LogP contribution in [0.1, 0.15) is 13.8 Å². The second kappa shape index (κ2) is 6.82. The van der Waals surface area contributed by atoms with Crippen molar-refractivity contribution in [1.82, 2.24) is 0 Å². The largest absolute Gasteiger partial charge is 0.433 e. The van der Waals surface area contributed by atoms with Crippen LogP contribution in [0.3, 0.4) is 0 Å². The Hall–Kier alpha value is -0.870. The molecule has 0 N–H and O–H groups in total. The zero-order valence-corrected chi connectivity index (χ0v) is 7.41. The fraction of sp³-hybridized carbons (Fsp3) is 0.625. The van der Waals surface area contributed by atoms with Gasteiger partial charge in [0.2, 0.25) is 0 Å². The van der Waals surface area contributed by atoms with Crippen LogP contribution < -0.4 is 0 Å². The van der Waals surface area contributed by atoms with Gasteiger partial charge in [0, 0.05) is 6.61 Å². The van der Waals surface area contributed by atoms with E-state index in [2.05, 4.69) is 11.3 Å². The molecule has 0 rings (SSSR count). The second-order valence-corrected chi connectivity index (χ2v) is 1.99. The van der Waals surface area contributed by atoms with Crippen molar-refractivity contribution in [2.24, 2.45) is 0 Å². The maximum atomic E-state index is 10.7. The van der Waals surface area contributed by atoms with Gasteiger partial charge in [0.05, 0.1) is 6.26 Å². The zero-order valence-electron chi connectivity index (χ0n) is 7.41. The van der Waals surface area contributed by atoms with E-state index >= 15 is 0 Å². The lowest BCUT2D eigenvalue weighted by atomic mass is 10.7. The van der Waals surface area contributed by atoms with Gasteiger partial charge in [0.25, 0.3) is 0 Å². The average Bonchev–Trinajstić information content (AvgIpc) is 2.02. The normalized spacial score (nSPS) is 12.2. The van der Waals surface area contributed by atoms with Crippen molar-refractivity contribution < 1.29 is 19.0 Å². The predicted octanol–water partition coefficient (Wildman–Crippen LogP) is 1.07. The fourth-order valence-corrected chi connectivity index (χ4v) is 0.595. The Morgan fingerprint density at radius 1 is 1.58 bits per heavy atom. The van der Waals surface area contributed by atoms with Gasteiger partial charge < -0.3 is 14.2 Å². The van der Waals surface area contributed by atoms with E-state index in [9.17, 15) is 4.79 Å². The average molecular weight is 174 g/mol. The molecular formula is C8H14O4. The number of hydrogen-bond donors (Lipinski definition) is 0. The molecule has 0 spiro atoms. The van der Waals surface area contributed by atoms with Gasteiger partial charge in [-0.15, -0.1) is 0 Å². The van der Waals surface area contributed by atoms with Crippen LogP contribution in [0.15, 0.2) is 12.8 Å². The zero-order chi connectivity index (χ0) is 9.40. The minimum atomic E-state index is -0.475. The SMILES string of the molecule is C=COC(=O)COC(C)OCC. The monoisotopic (exact) mass is 174 g/mol. The van der Waals surface area contributed by atoms with Gasteiger partial charge in [-0.05, 0) is 13.8 Å². The molecule has 70 valence electrons. The Morgan fingerprint density at radius 3 is 2.75 bits per heavy atom. The maximum absolute atomic E-state index is 10.7. The first-order valence-electron chi connectivity index (χ1n) is 3.74. The highest BCUT2D eigenvalue weighted by molar-refractivity contribution is 5.71. The third-order valence-electron chi connectivity index (χ3n) is 1.05.